The summed E-state index contributed by atoms with van der Waals surface area (Å²) < 4.78 is 15.6. The maximum Gasteiger partial charge on any atom is 0.346 e. The molecule has 2 aromatic rings. The Morgan fingerprint density at radius 3 is 2.00 bits per heavy atom. The lowest BCUT2D eigenvalue weighted by Gasteiger charge is -2.13. The van der Waals surface area contributed by atoms with E-state index in [9.17, 15) is 9.59 Å². The molecule has 5 heteroatoms. The molecule has 0 aromatic heterocycles. The fraction of sp³-hybridized carbons (Fsp3) is 0.300. The van der Waals surface area contributed by atoms with Crippen molar-refractivity contribution in [1.29, 1.82) is 0 Å². The van der Waals surface area contributed by atoms with Gasteiger partial charge in [0.25, 0.3) is 0 Å². The predicted octanol–water partition coefficient (Wildman–Crippen LogP) is 3.67. The Labute approximate surface area is 147 Å². The number of aryl methyl sites for hydroxylation is 3. The number of hydrogen-bond acceptors (Lipinski definition) is 5. The van der Waals surface area contributed by atoms with Crippen molar-refractivity contribution in [3.8, 4) is 11.5 Å². The molecular formula is C20H22O5. The van der Waals surface area contributed by atoms with Gasteiger partial charge in [-0.25, -0.2) is 4.79 Å². The van der Waals surface area contributed by atoms with Crippen molar-refractivity contribution in [2.45, 2.75) is 20.8 Å². The lowest BCUT2D eigenvalue weighted by Crippen LogP contribution is -2.16. The van der Waals surface area contributed by atoms with E-state index in [2.05, 4.69) is 0 Å². The van der Waals surface area contributed by atoms with Gasteiger partial charge in [0.2, 0.25) is 5.78 Å². The molecule has 0 aliphatic heterocycles. The molecule has 0 N–H and O–H groups in total. The van der Waals surface area contributed by atoms with Crippen LogP contribution in [0.1, 0.15) is 37.4 Å². The maximum absolute atomic E-state index is 12.4. The summed E-state index contributed by atoms with van der Waals surface area (Å²) in [7, 11) is 2.91. The normalized spacial score (nSPS) is 10.3. The van der Waals surface area contributed by atoms with Gasteiger partial charge in [0.05, 0.1) is 14.2 Å². The number of hydrogen-bond donors (Lipinski definition) is 0. The molecule has 0 aliphatic carbocycles. The van der Waals surface area contributed by atoms with E-state index in [1.165, 1.54) is 14.2 Å². The number of ether oxygens (including phenoxy) is 3. The van der Waals surface area contributed by atoms with Gasteiger partial charge in [-0.2, -0.15) is 0 Å². The molecule has 0 heterocycles. The van der Waals surface area contributed by atoms with Gasteiger partial charge in [-0.05, 0) is 55.7 Å². The lowest BCUT2D eigenvalue weighted by molar-refractivity contribution is 0.0468. The topological polar surface area (TPSA) is 61.8 Å². The van der Waals surface area contributed by atoms with Gasteiger partial charge in [0.15, 0.2) is 6.61 Å². The van der Waals surface area contributed by atoms with E-state index in [4.69, 9.17) is 14.2 Å². The molecule has 0 atom stereocenters. The average Bonchev–Trinajstić information content (AvgIpc) is 2.61. The summed E-state index contributed by atoms with van der Waals surface area (Å²) in [4.78, 5) is 24.8. The van der Waals surface area contributed by atoms with Crippen LogP contribution in [0.3, 0.4) is 0 Å². The molecule has 5 nitrogen and oxygen atoms in total. The highest BCUT2D eigenvalue weighted by atomic mass is 16.5. The highest BCUT2D eigenvalue weighted by Gasteiger charge is 2.21. The summed E-state index contributed by atoms with van der Waals surface area (Å²) in [6.45, 7) is 5.45. The van der Waals surface area contributed by atoms with Crippen LogP contribution in [0, 0.1) is 20.8 Å². The molecule has 0 unspecified atom stereocenters. The number of ketones is 1. The SMILES string of the molecule is COc1cccc(OC)c1C(=O)OCC(=O)c1cc(C)c(C)cc1C. The summed E-state index contributed by atoms with van der Waals surface area (Å²) in [6, 6.07) is 8.75. The summed E-state index contributed by atoms with van der Waals surface area (Å²) in [5, 5.41) is 0. The zero-order valence-electron chi connectivity index (χ0n) is 15.1. The Bertz CT molecular complexity index is 786. The van der Waals surface area contributed by atoms with Crippen LogP contribution in [0.4, 0.5) is 0 Å². The predicted molar refractivity (Wildman–Crippen MR) is 94.8 cm³/mol. The van der Waals surface area contributed by atoms with E-state index in [-0.39, 0.29) is 18.0 Å². The second-order valence-electron chi connectivity index (χ2n) is 5.79. The number of esters is 1. The largest absolute Gasteiger partial charge is 0.496 e. The van der Waals surface area contributed by atoms with Crippen molar-refractivity contribution >= 4 is 11.8 Å². The minimum Gasteiger partial charge on any atom is -0.496 e. The zero-order chi connectivity index (χ0) is 18.6. The minimum absolute atomic E-state index is 0.164. The smallest absolute Gasteiger partial charge is 0.346 e. The van der Waals surface area contributed by atoms with E-state index in [1.54, 1.807) is 18.2 Å². The zero-order valence-corrected chi connectivity index (χ0v) is 15.1. The molecule has 132 valence electrons. The summed E-state index contributed by atoms with van der Waals surface area (Å²) in [5.41, 5.74) is 3.72. The van der Waals surface area contributed by atoms with Gasteiger partial charge < -0.3 is 14.2 Å². The van der Waals surface area contributed by atoms with Crippen molar-refractivity contribution in [1.82, 2.24) is 0 Å². The van der Waals surface area contributed by atoms with Crippen LogP contribution in [0.5, 0.6) is 11.5 Å². The minimum atomic E-state index is -0.663. The highest BCUT2D eigenvalue weighted by Crippen LogP contribution is 2.29. The molecule has 0 radical (unpaired) electrons. The molecular weight excluding hydrogens is 320 g/mol. The third-order valence-electron chi connectivity index (χ3n) is 4.11. The second kappa shape index (κ2) is 7.83. The van der Waals surface area contributed by atoms with E-state index in [0.29, 0.717) is 17.1 Å². The van der Waals surface area contributed by atoms with Crippen LogP contribution in [-0.4, -0.2) is 32.6 Å². The first-order valence-corrected chi connectivity index (χ1v) is 7.88. The number of carbonyl (C=O) groups excluding carboxylic acids is 2. The Hall–Kier alpha value is -2.82. The van der Waals surface area contributed by atoms with Crippen LogP contribution in [0.25, 0.3) is 0 Å². The molecule has 0 aliphatic rings. The van der Waals surface area contributed by atoms with Crippen LogP contribution in [0.15, 0.2) is 30.3 Å². The Morgan fingerprint density at radius 2 is 1.44 bits per heavy atom. The standard InChI is InChI=1S/C20H22O5/c1-12-9-14(3)15(10-13(12)2)16(21)11-25-20(22)19-17(23-4)7-6-8-18(19)24-5/h6-10H,11H2,1-5H3. The molecule has 25 heavy (non-hydrogen) atoms. The quantitative estimate of drug-likeness (QED) is 0.592. The number of carbonyl (C=O) groups is 2. The number of benzene rings is 2. The second-order valence-corrected chi connectivity index (χ2v) is 5.79. The van der Waals surface area contributed by atoms with Crippen LogP contribution in [0.2, 0.25) is 0 Å². The highest BCUT2D eigenvalue weighted by molar-refractivity contribution is 6.01. The average molecular weight is 342 g/mol. The number of Topliss-reactive ketones (excluding diaryl/α,β-unsaturated/α-hetero) is 1. The van der Waals surface area contributed by atoms with E-state index >= 15 is 0 Å². The van der Waals surface area contributed by atoms with Gasteiger partial charge in [-0.3, -0.25) is 4.79 Å². The lowest BCUT2D eigenvalue weighted by atomic mass is 9.98. The van der Waals surface area contributed by atoms with Gasteiger partial charge in [-0.1, -0.05) is 12.1 Å². The molecule has 2 rings (SSSR count). The van der Waals surface area contributed by atoms with Gasteiger partial charge in [0, 0.05) is 5.56 Å². The third kappa shape index (κ3) is 3.99. The number of rotatable bonds is 6. The Morgan fingerprint density at radius 1 is 0.880 bits per heavy atom. The monoisotopic (exact) mass is 342 g/mol. The Balaban J connectivity index is 2.18. The van der Waals surface area contributed by atoms with Crippen LogP contribution >= 0.6 is 0 Å². The van der Waals surface area contributed by atoms with Crippen molar-refractivity contribution in [2.24, 2.45) is 0 Å². The van der Waals surface area contributed by atoms with Crippen molar-refractivity contribution in [2.75, 3.05) is 20.8 Å². The van der Waals surface area contributed by atoms with Crippen LogP contribution in [-0.2, 0) is 4.74 Å². The van der Waals surface area contributed by atoms with E-state index in [0.717, 1.165) is 16.7 Å². The molecule has 0 saturated heterocycles. The first-order chi connectivity index (χ1) is 11.9. The fourth-order valence-electron chi connectivity index (χ4n) is 2.59. The van der Waals surface area contributed by atoms with Crippen molar-refractivity contribution in [3.05, 3.63) is 58.1 Å². The van der Waals surface area contributed by atoms with Gasteiger partial charge in [-0.15, -0.1) is 0 Å². The summed E-state index contributed by atoms with van der Waals surface area (Å²) in [5.74, 6) is -0.245. The first kappa shape index (κ1) is 18.5. The van der Waals surface area contributed by atoms with E-state index < -0.39 is 5.97 Å². The third-order valence-corrected chi connectivity index (χ3v) is 4.11. The molecule has 2 aromatic carbocycles. The first-order valence-electron chi connectivity index (χ1n) is 7.88. The molecule has 0 amide bonds. The van der Waals surface area contributed by atoms with Crippen molar-refractivity contribution in [3.63, 3.8) is 0 Å². The maximum atomic E-state index is 12.4. The van der Waals surface area contributed by atoms with Gasteiger partial charge in [0.1, 0.15) is 17.1 Å². The molecule has 0 bridgehead atoms. The number of methoxy groups -OCH3 is 2. The molecule has 0 spiro atoms. The fourth-order valence-corrected chi connectivity index (χ4v) is 2.59. The summed E-state index contributed by atoms with van der Waals surface area (Å²) in [6.07, 6.45) is 0. The summed E-state index contributed by atoms with van der Waals surface area (Å²) >= 11 is 0. The van der Waals surface area contributed by atoms with Crippen molar-refractivity contribution < 1.29 is 23.8 Å². The Kier molecular flexibility index (Phi) is 5.80. The van der Waals surface area contributed by atoms with Gasteiger partial charge >= 0.3 is 5.97 Å². The van der Waals surface area contributed by atoms with Crippen LogP contribution < -0.4 is 9.47 Å². The van der Waals surface area contributed by atoms with E-state index in [1.807, 2.05) is 32.9 Å². The molecule has 0 fully saturated rings. The molecule has 0 saturated carbocycles.